The molecule has 2 rings (SSSR count). The first kappa shape index (κ1) is 15.0. The van der Waals surface area contributed by atoms with Crippen molar-refractivity contribution in [3.63, 3.8) is 0 Å². The summed E-state index contributed by atoms with van der Waals surface area (Å²) in [7, 11) is 0. The number of hydrogen-bond acceptors (Lipinski definition) is 4. The highest BCUT2D eigenvalue weighted by molar-refractivity contribution is 7.99. The van der Waals surface area contributed by atoms with Gasteiger partial charge in [-0.15, -0.1) is 5.10 Å². The average Bonchev–Trinajstić information content (AvgIpc) is 2.46. The molecule has 0 bridgehead atoms. The van der Waals surface area contributed by atoms with Crippen LogP contribution in [0, 0.1) is 6.92 Å². The highest BCUT2D eigenvalue weighted by Crippen LogP contribution is 2.31. The van der Waals surface area contributed by atoms with E-state index in [0.29, 0.717) is 6.54 Å². The van der Waals surface area contributed by atoms with Gasteiger partial charge in [-0.05, 0) is 37.5 Å². The molecule has 4 heteroatoms. The summed E-state index contributed by atoms with van der Waals surface area (Å²) in [6.45, 7) is 6.87. The molecule has 106 valence electrons. The van der Waals surface area contributed by atoms with Crippen molar-refractivity contribution >= 4 is 11.8 Å². The standard InChI is InChI=1S/C16H21N3S/c1-4-13-14(10-17)16(19-18-15(13)5-2)20-12-8-6-7-11(3)9-12/h6-9H,4-5,10,17H2,1-3H3. The molecule has 2 N–H and O–H groups in total. The zero-order chi connectivity index (χ0) is 14.5. The van der Waals surface area contributed by atoms with Crippen molar-refractivity contribution < 1.29 is 0 Å². The lowest BCUT2D eigenvalue weighted by atomic mass is 10.0. The van der Waals surface area contributed by atoms with Crippen LogP contribution in [0.4, 0.5) is 0 Å². The van der Waals surface area contributed by atoms with E-state index in [1.807, 2.05) is 0 Å². The number of aryl methyl sites for hydroxylation is 2. The smallest absolute Gasteiger partial charge is 0.128 e. The zero-order valence-corrected chi connectivity index (χ0v) is 13.1. The third-order valence-electron chi connectivity index (χ3n) is 3.33. The van der Waals surface area contributed by atoms with E-state index in [9.17, 15) is 0 Å². The minimum absolute atomic E-state index is 0.514. The highest BCUT2D eigenvalue weighted by Gasteiger charge is 2.14. The van der Waals surface area contributed by atoms with E-state index in [1.54, 1.807) is 11.8 Å². The van der Waals surface area contributed by atoms with Crippen molar-refractivity contribution in [3.8, 4) is 0 Å². The maximum atomic E-state index is 5.95. The lowest BCUT2D eigenvalue weighted by molar-refractivity contribution is 0.782. The number of rotatable bonds is 5. The van der Waals surface area contributed by atoms with Gasteiger partial charge in [0.25, 0.3) is 0 Å². The molecular formula is C16H21N3S. The van der Waals surface area contributed by atoms with Crippen molar-refractivity contribution in [2.24, 2.45) is 5.73 Å². The number of hydrogen-bond donors (Lipinski definition) is 1. The molecule has 2 aromatic rings. The van der Waals surface area contributed by atoms with E-state index in [1.165, 1.54) is 16.0 Å². The molecule has 0 fully saturated rings. The summed E-state index contributed by atoms with van der Waals surface area (Å²) in [6, 6.07) is 8.41. The van der Waals surface area contributed by atoms with Gasteiger partial charge in [-0.2, -0.15) is 5.10 Å². The van der Waals surface area contributed by atoms with Crippen LogP contribution in [0.1, 0.15) is 36.2 Å². The van der Waals surface area contributed by atoms with Crippen LogP contribution >= 0.6 is 11.8 Å². The molecule has 0 aliphatic heterocycles. The van der Waals surface area contributed by atoms with Gasteiger partial charge in [-0.25, -0.2) is 0 Å². The second kappa shape index (κ2) is 6.86. The van der Waals surface area contributed by atoms with Gasteiger partial charge in [0.05, 0.1) is 5.69 Å². The van der Waals surface area contributed by atoms with Crippen molar-refractivity contribution in [3.05, 3.63) is 46.6 Å². The summed E-state index contributed by atoms with van der Waals surface area (Å²) < 4.78 is 0. The molecule has 0 unspecified atom stereocenters. The van der Waals surface area contributed by atoms with Crippen molar-refractivity contribution in [1.29, 1.82) is 0 Å². The van der Waals surface area contributed by atoms with Crippen LogP contribution in [0.5, 0.6) is 0 Å². The third kappa shape index (κ3) is 3.19. The molecule has 0 aliphatic rings. The van der Waals surface area contributed by atoms with Crippen LogP contribution < -0.4 is 5.73 Å². The predicted molar refractivity (Wildman–Crippen MR) is 84.0 cm³/mol. The first-order chi connectivity index (χ1) is 9.69. The van der Waals surface area contributed by atoms with Crippen molar-refractivity contribution in [2.75, 3.05) is 0 Å². The van der Waals surface area contributed by atoms with Crippen LogP contribution in [-0.2, 0) is 19.4 Å². The Hall–Kier alpha value is -1.39. The molecule has 0 radical (unpaired) electrons. The summed E-state index contributed by atoms with van der Waals surface area (Å²) in [4.78, 5) is 1.18. The van der Waals surface area contributed by atoms with Crippen molar-refractivity contribution in [2.45, 2.75) is 50.1 Å². The molecule has 0 aliphatic carbocycles. The van der Waals surface area contributed by atoms with E-state index in [-0.39, 0.29) is 0 Å². The fraction of sp³-hybridized carbons (Fsp3) is 0.375. The molecule has 3 nitrogen and oxygen atoms in total. The Bertz CT molecular complexity index is 596. The van der Waals surface area contributed by atoms with Crippen LogP contribution in [0.2, 0.25) is 0 Å². The van der Waals surface area contributed by atoms with Gasteiger partial charge in [-0.1, -0.05) is 43.3 Å². The van der Waals surface area contributed by atoms with Crippen LogP contribution in [0.3, 0.4) is 0 Å². The maximum absolute atomic E-state index is 5.95. The first-order valence-electron chi connectivity index (χ1n) is 7.01. The van der Waals surface area contributed by atoms with Crippen LogP contribution in [0.25, 0.3) is 0 Å². The second-order valence-electron chi connectivity index (χ2n) is 4.74. The number of aromatic nitrogens is 2. The van der Waals surface area contributed by atoms with Gasteiger partial charge in [0, 0.05) is 17.0 Å². The van der Waals surface area contributed by atoms with E-state index in [2.05, 4.69) is 55.2 Å². The van der Waals surface area contributed by atoms with Crippen LogP contribution in [-0.4, -0.2) is 10.2 Å². The Kier molecular flexibility index (Phi) is 5.15. The minimum Gasteiger partial charge on any atom is -0.326 e. The summed E-state index contributed by atoms with van der Waals surface area (Å²) in [5, 5.41) is 9.69. The van der Waals surface area contributed by atoms with E-state index in [4.69, 9.17) is 5.73 Å². The van der Waals surface area contributed by atoms with Crippen molar-refractivity contribution in [1.82, 2.24) is 10.2 Å². The Balaban J connectivity index is 2.41. The number of benzene rings is 1. The van der Waals surface area contributed by atoms with Gasteiger partial charge in [-0.3, -0.25) is 0 Å². The van der Waals surface area contributed by atoms with Gasteiger partial charge in [0.1, 0.15) is 5.03 Å². The molecular weight excluding hydrogens is 266 g/mol. The Morgan fingerprint density at radius 1 is 1.10 bits per heavy atom. The lowest BCUT2D eigenvalue weighted by Gasteiger charge is -2.13. The fourth-order valence-corrected chi connectivity index (χ4v) is 3.34. The molecule has 0 saturated heterocycles. The average molecular weight is 287 g/mol. The summed E-state index contributed by atoms with van der Waals surface area (Å²) >= 11 is 1.65. The fourth-order valence-electron chi connectivity index (χ4n) is 2.31. The van der Waals surface area contributed by atoms with E-state index >= 15 is 0 Å². The van der Waals surface area contributed by atoms with Crippen LogP contribution in [0.15, 0.2) is 34.2 Å². The third-order valence-corrected chi connectivity index (χ3v) is 4.34. The summed E-state index contributed by atoms with van der Waals surface area (Å²) in [5.74, 6) is 0. The molecule has 0 amide bonds. The number of nitrogens with zero attached hydrogens (tertiary/aromatic N) is 2. The Labute approximate surface area is 125 Å². The van der Waals surface area contributed by atoms with Gasteiger partial charge < -0.3 is 5.73 Å². The number of nitrogens with two attached hydrogens (primary N) is 1. The Morgan fingerprint density at radius 3 is 2.50 bits per heavy atom. The van der Waals surface area contributed by atoms with Gasteiger partial charge in [0.2, 0.25) is 0 Å². The highest BCUT2D eigenvalue weighted by atomic mass is 32.2. The topological polar surface area (TPSA) is 51.8 Å². The Morgan fingerprint density at radius 2 is 1.90 bits per heavy atom. The quantitative estimate of drug-likeness (QED) is 0.914. The summed E-state index contributed by atoms with van der Waals surface area (Å²) in [6.07, 6.45) is 1.85. The second-order valence-corrected chi connectivity index (χ2v) is 5.80. The molecule has 20 heavy (non-hydrogen) atoms. The predicted octanol–water partition coefficient (Wildman–Crippen LogP) is 3.52. The molecule has 0 saturated carbocycles. The van der Waals surface area contributed by atoms with E-state index in [0.717, 1.165) is 29.1 Å². The largest absolute Gasteiger partial charge is 0.326 e. The monoisotopic (exact) mass is 287 g/mol. The molecule has 1 aromatic carbocycles. The molecule has 0 atom stereocenters. The minimum atomic E-state index is 0.514. The molecule has 1 aromatic heterocycles. The zero-order valence-electron chi connectivity index (χ0n) is 12.3. The molecule has 0 spiro atoms. The summed E-state index contributed by atoms with van der Waals surface area (Å²) in [5.41, 5.74) is 10.7. The maximum Gasteiger partial charge on any atom is 0.128 e. The van der Waals surface area contributed by atoms with Gasteiger partial charge in [0.15, 0.2) is 0 Å². The lowest BCUT2D eigenvalue weighted by Crippen LogP contribution is -2.10. The van der Waals surface area contributed by atoms with E-state index < -0.39 is 0 Å². The first-order valence-corrected chi connectivity index (χ1v) is 7.83. The normalized spacial score (nSPS) is 10.8. The SMILES string of the molecule is CCc1nnc(Sc2cccc(C)c2)c(CN)c1CC. The van der Waals surface area contributed by atoms with Gasteiger partial charge >= 0.3 is 0 Å². The molecule has 1 heterocycles.